The largest absolute Gasteiger partial charge is 0.293 e. The molecule has 2 aromatic heterocycles. The van der Waals surface area contributed by atoms with Gasteiger partial charge in [0.2, 0.25) is 0 Å². The maximum atomic E-state index is 5.17. The van der Waals surface area contributed by atoms with Crippen LogP contribution in [0.4, 0.5) is 0 Å². The number of para-hydroxylation sites is 1. The fourth-order valence-corrected chi connectivity index (χ4v) is 5.08. The normalized spacial score (nSPS) is 11.6. The molecule has 34 heavy (non-hydrogen) atoms. The van der Waals surface area contributed by atoms with Crippen molar-refractivity contribution in [1.29, 1.82) is 0 Å². The standard InChI is InChI=1S/C30H20BN3/c31-21-15-17-26-24(18-21)28-22-11-5-4-8-19(22)14-16-27(28)34(26)30-23-12-6-7-13-25(23)32-29(33-30)20-9-2-1-3-10-20/h1-18H,31H2. The fraction of sp³-hybridized carbons (Fsp3) is 0. The third-order valence-electron chi connectivity index (χ3n) is 6.64. The Balaban J connectivity index is 1.68. The summed E-state index contributed by atoms with van der Waals surface area (Å²) in [6, 6.07) is 38.3. The maximum absolute atomic E-state index is 5.17. The van der Waals surface area contributed by atoms with Crippen LogP contribution in [-0.2, 0) is 0 Å². The number of aromatic nitrogens is 3. The van der Waals surface area contributed by atoms with Gasteiger partial charge < -0.3 is 0 Å². The van der Waals surface area contributed by atoms with E-state index in [1.807, 2.05) is 24.3 Å². The van der Waals surface area contributed by atoms with E-state index in [0.29, 0.717) is 0 Å². The monoisotopic (exact) mass is 433 g/mol. The summed E-state index contributed by atoms with van der Waals surface area (Å²) in [6.07, 6.45) is 0. The highest BCUT2D eigenvalue weighted by molar-refractivity contribution is 6.34. The van der Waals surface area contributed by atoms with Gasteiger partial charge in [0.25, 0.3) is 0 Å². The first-order valence-corrected chi connectivity index (χ1v) is 11.5. The summed E-state index contributed by atoms with van der Waals surface area (Å²) in [7, 11) is 2.15. The fourth-order valence-electron chi connectivity index (χ4n) is 5.08. The summed E-state index contributed by atoms with van der Waals surface area (Å²) in [5.41, 5.74) is 5.50. The summed E-state index contributed by atoms with van der Waals surface area (Å²) >= 11 is 0. The molecule has 0 amide bonds. The second-order valence-corrected chi connectivity index (χ2v) is 8.79. The van der Waals surface area contributed by atoms with Crippen molar-refractivity contribution in [2.75, 3.05) is 0 Å². The van der Waals surface area contributed by atoms with Gasteiger partial charge in [0.15, 0.2) is 5.82 Å². The Labute approximate surface area is 197 Å². The highest BCUT2D eigenvalue weighted by Crippen LogP contribution is 2.37. The van der Waals surface area contributed by atoms with E-state index in [0.717, 1.165) is 39.1 Å². The van der Waals surface area contributed by atoms with Gasteiger partial charge in [-0.25, -0.2) is 9.97 Å². The molecule has 2 heterocycles. The lowest BCUT2D eigenvalue weighted by Crippen LogP contribution is -2.04. The van der Waals surface area contributed by atoms with E-state index >= 15 is 0 Å². The molecule has 0 aliphatic rings. The van der Waals surface area contributed by atoms with Crippen LogP contribution in [0.15, 0.2) is 109 Å². The molecule has 0 saturated heterocycles. The molecule has 0 aliphatic heterocycles. The van der Waals surface area contributed by atoms with E-state index < -0.39 is 0 Å². The number of benzene rings is 5. The van der Waals surface area contributed by atoms with E-state index in [4.69, 9.17) is 9.97 Å². The lowest BCUT2D eigenvalue weighted by Gasteiger charge is -2.13. The van der Waals surface area contributed by atoms with Gasteiger partial charge in [-0.2, -0.15) is 0 Å². The number of hydrogen-bond acceptors (Lipinski definition) is 2. The molecule has 0 N–H and O–H groups in total. The summed E-state index contributed by atoms with van der Waals surface area (Å²) in [6.45, 7) is 0. The Morgan fingerprint density at radius 2 is 1.32 bits per heavy atom. The highest BCUT2D eigenvalue weighted by Gasteiger charge is 2.19. The zero-order valence-corrected chi connectivity index (χ0v) is 18.7. The molecule has 5 aromatic carbocycles. The Kier molecular flexibility index (Phi) is 4.09. The molecular formula is C30H20BN3. The molecule has 0 bridgehead atoms. The van der Waals surface area contributed by atoms with E-state index in [2.05, 4.69) is 97.3 Å². The quantitative estimate of drug-likeness (QED) is 0.323. The molecule has 3 nitrogen and oxygen atoms in total. The zero-order valence-electron chi connectivity index (χ0n) is 18.7. The minimum Gasteiger partial charge on any atom is -0.293 e. The van der Waals surface area contributed by atoms with Crippen molar-refractivity contribution in [2.45, 2.75) is 0 Å². The number of fused-ring (bicyclic) bond motifs is 6. The van der Waals surface area contributed by atoms with Gasteiger partial charge in [0.05, 0.1) is 16.6 Å². The minimum absolute atomic E-state index is 0.734. The van der Waals surface area contributed by atoms with Crippen molar-refractivity contribution >= 4 is 56.8 Å². The lowest BCUT2D eigenvalue weighted by atomic mass is 9.94. The average Bonchev–Trinajstić information content (AvgIpc) is 3.22. The summed E-state index contributed by atoms with van der Waals surface area (Å²) < 4.78 is 2.31. The molecule has 7 rings (SSSR count). The maximum Gasteiger partial charge on any atom is 0.162 e. The number of nitrogens with zero attached hydrogens (tertiary/aromatic N) is 3. The van der Waals surface area contributed by atoms with Crippen LogP contribution in [0, 0.1) is 0 Å². The summed E-state index contributed by atoms with van der Waals surface area (Å²) in [5, 5.41) is 6.05. The second kappa shape index (κ2) is 7.29. The molecule has 7 aromatic rings. The minimum atomic E-state index is 0.734. The Morgan fingerprint density at radius 1 is 0.588 bits per heavy atom. The van der Waals surface area contributed by atoms with Crippen LogP contribution < -0.4 is 5.46 Å². The molecular weight excluding hydrogens is 413 g/mol. The van der Waals surface area contributed by atoms with Gasteiger partial charge >= 0.3 is 0 Å². The SMILES string of the molecule is Bc1ccc2c(c1)c1c3ccccc3ccc1n2-c1nc(-c2ccccc2)nc2ccccc12. The van der Waals surface area contributed by atoms with Crippen LogP contribution in [0.3, 0.4) is 0 Å². The first-order valence-electron chi connectivity index (χ1n) is 11.5. The van der Waals surface area contributed by atoms with E-state index in [1.54, 1.807) is 0 Å². The van der Waals surface area contributed by atoms with Crippen molar-refractivity contribution in [2.24, 2.45) is 0 Å². The predicted octanol–water partition coefficient (Wildman–Crippen LogP) is 5.81. The molecule has 158 valence electrons. The Morgan fingerprint density at radius 3 is 2.21 bits per heavy atom. The highest BCUT2D eigenvalue weighted by atomic mass is 15.1. The molecule has 0 spiro atoms. The first-order chi connectivity index (χ1) is 16.8. The third-order valence-corrected chi connectivity index (χ3v) is 6.64. The predicted molar refractivity (Wildman–Crippen MR) is 145 cm³/mol. The van der Waals surface area contributed by atoms with Crippen LogP contribution in [0.25, 0.3) is 60.7 Å². The van der Waals surface area contributed by atoms with Crippen LogP contribution >= 0.6 is 0 Å². The van der Waals surface area contributed by atoms with E-state index in [1.165, 1.54) is 27.0 Å². The average molecular weight is 433 g/mol. The Bertz CT molecular complexity index is 1870. The van der Waals surface area contributed by atoms with Crippen molar-refractivity contribution in [3.63, 3.8) is 0 Å². The van der Waals surface area contributed by atoms with Crippen molar-refractivity contribution in [1.82, 2.24) is 14.5 Å². The number of hydrogen-bond donors (Lipinski definition) is 0. The second-order valence-electron chi connectivity index (χ2n) is 8.79. The van der Waals surface area contributed by atoms with Crippen molar-refractivity contribution in [3.05, 3.63) is 109 Å². The smallest absolute Gasteiger partial charge is 0.162 e. The van der Waals surface area contributed by atoms with Crippen molar-refractivity contribution < 1.29 is 0 Å². The van der Waals surface area contributed by atoms with Gasteiger partial charge in [-0.1, -0.05) is 90.4 Å². The Hall–Kier alpha value is -4.44. The molecule has 0 fully saturated rings. The topological polar surface area (TPSA) is 30.7 Å². The van der Waals surface area contributed by atoms with Crippen molar-refractivity contribution in [3.8, 4) is 17.2 Å². The van der Waals surface area contributed by atoms with E-state index in [9.17, 15) is 0 Å². The van der Waals surface area contributed by atoms with Crippen LogP contribution in [0.5, 0.6) is 0 Å². The number of rotatable bonds is 2. The van der Waals surface area contributed by atoms with E-state index in [-0.39, 0.29) is 0 Å². The first kappa shape index (κ1) is 19.1. The van der Waals surface area contributed by atoms with Gasteiger partial charge in [-0.3, -0.25) is 4.57 Å². The molecule has 4 heteroatoms. The van der Waals surface area contributed by atoms with Crippen LogP contribution in [-0.4, -0.2) is 22.4 Å². The van der Waals surface area contributed by atoms with Gasteiger partial charge in [-0.05, 0) is 35.0 Å². The van der Waals surface area contributed by atoms with Gasteiger partial charge in [0.1, 0.15) is 13.7 Å². The van der Waals surface area contributed by atoms with Crippen LogP contribution in [0.1, 0.15) is 0 Å². The molecule has 0 aliphatic carbocycles. The van der Waals surface area contributed by atoms with Gasteiger partial charge in [0, 0.05) is 21.7 Å². The summed E-state index contributed by atoms with van der Waals surface area (Å²) in [5.74, 6) is 1.64. The summed E-state index contributed by atoms with van der Waals surface area (Å²) in [4.78, 5) is 10.1. The molecule has 0 radical (unpaired) electrons. The molecule has 0 saturated carbocycles. The molecule has 0 atom stereocenters. The van der Waals surface area contributed by atoms with Crippen LogP contribution in [0.2, 0.25) is 0 Å². The lowest BCUT2D eigenvalue weighted by molar-refractivity contribution is 1.08. The zero-order chi connectivity index (χ0) is 22.6. The third kappa shape index (κ3) is 2.79. The molecule has 0 unspecified atom stereocenters. The van der Waals surface area contributed by atoms with Gasteiger partial charge in [-0.15, -0.1) is 0 Å².